The molecule has 0 atom stereocenters. The smallest absolute Gasteiger partial charge is 0.163 e. The van der Waals surface area contributed by atoms with Gasteiger partial charge in [0.05, 0.1) is 0 Å². The first-order valence-corrected chi connectivity index (χ1v) is 7.26. The topological polar surface area (TPSA) is 30.0 Å². The molecule has 0 aliphatic heterocycles. The molecule has 0 aliphatic carbocycles. The molecule has 5 heteroatoms. The summed E-state index contributed by atoms with van der Waals surface area (Å²) >= 11 is 8.77. The van der Waals surface area contributed by atoms with Gasteiger partial charge in [0, 0.05) is 5.75 Å². The van der Waals surface area contributed by atoms with Gasteiger partial charge in [-0.25, -0.2) is 4.98 Å². The van der Waals surface area contributed by atoms with Gasteiger partial charge in [-0.3, -0.25) is 4.79 Å². The van der Waals surface area contributed by atoms with Crippen LogP contribution in [-0.4, -0.2) is 17.0 Å². The zero-order chi connectivity index (χ0) is 12.1. The van der Waals surface area contributed by atoms with Crippen molar-refractivity contribution < 1.29 is 4.79 Å². The van der Waals surface area contributed by atoms with Gasteiger partial charge in [0.1, 0.15) is 4.88 Å². The van der Waals surface area contributed by atoms with Gasteiger partial charge in [0.2, 0.25) is 0 Å². The molecule has 88 valence electrons. The number of aldehydes is 1. The van der Waals surface area contributed by atoms with Crippen LogP contribution in [0.3, 0.4) is 0 Å². The van der Waals surface area contributed by atoms with Crippen LogP contribution >= 0.6 is 34.7 Å². The Kier molecular flexibility index (Phi) is 4.59. The standard InChI is InChI=1S/C12H10ClNOS2/c13-11-10(8-15)17-12(14-11)16-7-6-9-4-2-1-3-5-9/h1-5,8H,6-7H2. The Morgan fingerprint density at radius 2 is 2.12 bits per heavy atom. The minimum Gasteiger partial charge on any atom is -0.297 e. The van der Waals surface area contributed by atoms with E-state index in [4.69, 9.17) is 11.6 Å². The minimum absolute atomic E-state index is 0.312. The monoisotopic (exact) mass is 283 g/mol. The highest BCUT2D eigenvalue weighted by molar-refractivity contribution is 8.01. The van der Waals surface area contributed by atoms with Crippen LogP contribution in [-0.2, 0) is 6.42 Å². The Labute approximate surface area is 113 Å². The van der Waals surface area contributed by atoms with Crippen LogP contribution in [0.1, 0.15) is 15.2 Å². The van der Waals surface area contributed by atoms with Gasteiger partial charge in [-0.2, -0.15) is 0 Å². The summed E-state index contributed by atoms with van der Waals surface area (Å²) in [5.41, 5.74) is 1.30. The lowest BCUT2D eigenvalue weighted by Crippen LogP contribution is -1.87. The summed E-state index contributed by atoms with van der Waals surface area (Å²) in [4.78, 5) is 15.2. The molecule has 0 aliphatic rings. The maximum Gasteiger partial charge on any atom is 0.163 e. The largest absolute Gasteiger partial charge is 0.297 e. The van der Waals surface area contributed by atoms with Crippen LogP contribution in [0.25, 0.3) is 0 Å². The van der Waals surface area contributed by atoms with E-state index >= 15 is 0 Å². The summed E-state index contributed by atoms with van der Waals surface area (Å²) in [5, 5.41) is 0.312. The third-order valence-electron chi connectivity index (χ3n) is 2.16. The quantitative estimate of drug-likeness (QED) is 0.615. The highest BCUT2D eigenvalue weighted by atomic mass is 35.5. The van der Waals surface area contributed by atoms with Crippen LogP contribution in [0, 0.1) is 0 Å². The van der Waals surface area contributed by atoms with Crippen LogP contribution in [0.5, 0.6) is 0 Å². The average molecular weight is 284 g/mol. The van der Waals surface area contributed by atoms with E-state index in [1.54, 1.807) is 11.8 Å². The summed E-state index contributed by atoms with van der Waals surface area (Å²) in [6, 6.07) is 10.3. The van der Waals surface area contributed by atoms with Gasteiger partial charge in [0.25, 0.3) is 0 Å². The van der Waals surface area contributed by atoms with Gasteiger partial charge < -0.3 is 0 Å². The first-order chi connectivity index (χ1) is 8.29. The first-order valence-electron chi connectivity index (χ1n) is 5.08. The van der Waals surface area contributed by atoms with Crippen molar-refractivity contribution in [3.05, 3.63) is 45.9 Å². The molecule has 1 aromatic carbocycles. The second kappa shape index (κ2) is 6.19. The maximum atomic E-state index is 10.6. The van der Waals surface area contributed by atoms with Gasteiger partial charge in [-0.15, -0.1) is 11.3 Å². The maximum absolute atomic E-state index is 10.6. The van der Waals surface area contributed by atoms with Crippen molar-refractivity contribution in [1.82, 2.24) is 4.98 Å². The number of nitrogens with zero attached hydrogens (tertiary/aromatic N) is 1. The lowest BCUT2D eigenvalue weighted by Gasteiger charge is -1.98. The van der Waals surface area contributed by atoms with Crippen LogP contribution in [0.15, 0.2) is 34.7 Å². The van der Waals surface area contributed by atoms with Crippen molar-refractivity contribution in [2.24, 2.45) is 0 Å². The fourth-order valence-electron chi connectivity index (χ4n) is 1.33. The molecule has 0 N–H and O–H groups in total. The van der Waals surface area contributed by atoms with Gasteiger partial charge in [0.15, 0.2) is 15.8 Å². The summed E-state index contributed by atoms with van der Waals surface area (Å²) < 4.78 is 0.855. The Balaban J connectivity index is 1.88. The Hall–Kier alpha value is -0.840. The van der Waals surface area contributed by atoms with Crippen molar-refractivity contribution in [3.63, 3.8) is 0 Å². The summed E-state index contributed by atoms with van der Waals surface area (Å²) in [7, 11) is 0. The van der Waals surface area contributed by atoms with E-state index in [9.17, 15) is 4.79 Å². The van der Waals surface area contributed by atoms with Crippen molar-refractivity contribution >= 4 is 41.0 Å². The van der Waals surface area contributed by atoms with E-state index in [-0.39, 0.29) is 0 Å². The summed E-state index contributed by atoms with van der Waals surface area (Å²) in [5.74, 6) is 0.937. The van der Waals surface area contributed by atoms with E-state index in [1.807, 2.05) is 18.2 Å². The molecule has 1 heterocycles. The molecule has 0 radical (unpaired) electrons. The third kappa shape index (κ3) is 3.56. The number of rotatable bonds is 5. The second-order valence-corrected chi connectivity index (χ2v) is 6.07. The molecule has 0 saturated heterocycles. The first kappa shape index (κ1) is 12.6. The van der Waals surface area contributed by atoms with Crippen LogP contribution in [0.2, 0.25) is 5.15 Å². The van der Waals surface area contributed by atoms with E-state index < -0.39 is 0 Å². The number of carbonyl (C=O) groups excluding carboxylic acids is 1. The zero-order valence-corrected chi connectivity index (χ0v) is 11.3. The predicted molar refractivity (Wildman–Crippen MR) is 73.4 cm³/mol. The van der Waals surface area contributed by atoms with Crippen molar-refractivity contribution in [2.75, 3.05) is 5.75 Å². The van der Waals surface area contributed by atoms with Crippen LogP contribution in [0.4, 0.5) is 0 Å². The molecule has 1 aromatic heterocycles. The fraction of sp³-hybridized carbons (Fsp3) is 0.167. The molecule has 2 aromatic rings. The molecule has 0 amide bonds. The van der Waals surface area contributed by atoms with Crippen molar-refractivity contribution in [3.8, 4) is 0 Å². The SMILES string of the molecule is O=Cc1sc(SCCc2ccccc2)nc1Cl. The van der Waals surface area contributed by atoms with Gasteiger partial charge >= 0.3 is 0 Å². The molecule has 0 bridgehead atoms. The molecule has 0 unspecified atom stereocenters. The lowest BCUT2D eigenvalue weighted by atomic mass is 10.2. The van der Waals surface area contributed by atoms with E-state index in [1.165, 1.54) is 16.9 Å². The summed E-state index contributed by atoms with van der Waals surface area (Å²) in [6.07, 6.45) is 1.74. The van der Waals surface area contributed by atoms with Gasteiger partial charge in [-0.1, -0.05) is 53.7 Å². The molecule has 0 saturated carbocycles. The number of carbonyl (C=O) groups is 1. The number of hydrogen-bond acceptors (Lipinski definition) is 4. The van der Waals surface area contributed by atoms with Crippen molar-refractivity contribution in [2.45, 2.75) is 10.8 Å². The number of aryl methyl sites for hydroxylation is 1. The molecule has 17 heavy (non-hydrogen) atoms. The lowest BCUT2D eigenvalue weighted by molar-refractivity contribution is 0.112. The van der Waals surface area contributed by atoms with E-state index in [2.05, 4.69) is 17.1 Å². The minimum atomic E-state index is 0.312. The molecular formula is C12H10ClNOS2. The predicted octanol–water partition coefficient (Wildman–Crippen LogP) is 3.94. The number of aromatic nitrogens is 1. The van der Waals surface area contributed by atoms with E-state index in [0.29, 0.717) is 10.0 Å². The molecule has 0 spiro atoms. The van der Waals surface area contributed by atoms with Crippen LogP contribution < -0.4 is 0 Å². The third-order valence-corrected chi connectivity index (χ3v) is 4.68. The summed E-state index contributed by atoms with van der Waals surface area (Å²) in [6.45, 7) is 0. The fourth-order valence-corrected chi connectivity index (χ4v) is 3.60. The number of thioether (sulfide) groups is 1. The molecular weight excluding hydrogens is 274 g/mol. The Bertz CT molecular complexity index is 498. The van der Waals surface area contributed by atoms with Gasteiger partial charge in [-0.05, 0) is 12.0 Å². The highest BCUT2D eigenvalue weighted by Crippen LogP contribution is 2.29. The number of thiazole rings is 1. The molecule has 2 nitrogen and oxygen atoms in total. The van der Waals surface area contributed by atoms with Crippen molar-refractivity contribution in [1.29, 1.82) is 0 Å². The van der Waals surface area contributed by atoms with E-state index in [0.717, 1.165) is 22.8 Å². The highest BCUT2D eigenvalue weighted by Gasteiger charge is 2.08. The second-order valence-electron chi connectivity index (χ2n) is 3.34. The number of hydrogen-bond donors (Lipinski definition) is 0. The molecule has 0 fully saturated rings. The zero-order valence-electron chi connectivity index (χ0n) is 8.93. The normalized spacial score (nSPS) is 10.4. The Morgan fingerprint density at radius 3 is 2.76 bits per heavy atom. The Morgan fingerprint density at radius 1 is 1.35 bits per heavy atom. The molecule has 2 rings (SSSR count). The number of halogens is 1. The number of benzene rings is 1. The average Bonchev–Trinajstić information content (AvgIpc) is 2.71.